The Bertz CT molecular complexity index is 2720. The minimum absolute atomic E-state index is 0.0212. The van der Waals surface area contributed by atoms with E-state index < -0.39 is 0 Å². The summed E-state index contributed by atoms with van der Waals surface area (Å²) in [5.74, 6) is 0.690. The molecule has 0 spiro atoms. The first kappa shape index (κ1) is 19.2. The van der Waals surface area contributed by atoms with E-state index in [9.17, 15) is 5.48 Å². The molecule has 0 fully saturated rings. The van der Waals surface area contributed by atoms with Crippen molar-refractivity contribution in [1.29, 1.82) is 0 Å². The van der Waals surface area contributed by atoms with Crippen LogP contribution >= 0.6 is 0 Å². The lowest BCUT2D eigenvalue weighted by atomic mass is 10.1. The van der Waals surface area contributed by atoms with Crippen LogP contribution in [0.1, 0.15) is 8.22 Å². The summed E-state index contributed by atoms with van der Waals surface area (Å²) in [5, 5.41) is 2.02. The van der Waals surface area contributed by atoms with Crippen LogP contribution in [0.5, 0.6) is 0 Å². The Balaban J connectivity index is 1.34. The highest BCUT2D eigenvalue weighted by Crippen LogP contribution is 2.36. The number of benzene rings is 6. The van der Waals surface area contributed by atoms with Gasteiger partial charge in [-0.2, -0.15) is 0 Å². The van der Waals surface area contributed by atoms with E-state index in [0.29, 0.717) is 22.8 Å². The van der Waals surface area contributed by atoms with Crippen molar-refractivity contribution >= 4 is 43.7 Å². The summed E-state index contributed by atoms with van der Waals surface area (Å²) in [4.78, 5) is 14.1. The topological polar surface area (TPSA) is 56.7 Å². The second-order valence-corrected chi connectivity index (χ2v) is 10.4. The third-order valence-electron chi connectivity index (χ3n) is 7.72. The first-order valence-electron chi connectivity index (χ1n) is 17.1. The van der Waals surface area contributed by atoms with Gasteiger partial charge in [-0.3, -0.25) is 0 Å². The number of fused-ring (bicyclic) bond motifs is 6. The number of hydrogen-bond acceptors (Lipinski definition) is 4. The maximum atomic E-state index is 9.48. The van der Waals surface area contributed by atoms with Crippen LogP contribution in [0, 0.1) is 0 Å². The molecule has 3 aromatic heterocycles. The van der Waals surface area contributed by atoms with E-state index in [2.05, 4.69) is 9.97 Å². The molecule has 0 atom stereocenters. The Kier molecular flexibility index (Phi) is 4.25. The van der Waals surface area contributed by atoms with Crippen LogP contribution in [0.4, 0.5) is 0 Å². The lowest BCUT2D eigenvalue weighted by Gasteiger charge is -2.08. The van der Waals surface area contributed by atoms with Crippen LogP contribution in [0.15, 0.2) is 150 Å². The number of furan rings is 1. The summed E-state index contributed by atoms with van der Waals surface area (Å²) in [5.41, 5.74) is 2.88. The lowest BCUT2D eigenvalue weighted by molar-refractivity contribution is 0.669. The van der Waals surface area contributed by atoms with Crippen LogP contribution in [0.3, 0.4) is 0 Å². The number of nitrogens with zero attached hydrogens (tertiary/aromatic N) is 4. The quantitative estimate of drug-likeness (QED) is 0.211. The van der Waals surface area contributed by atoms with Gasteiger partial charge in [0.25, 0.3) is 0 Å². The third kappa shape index (κ3) is 3.91. The van der Waals surface area contributed by atoms with E-state index in [0.717, 1.165) is 21.8 Å². The fraction of sp³-hybridized carbons (Fsp3) is 0. The average Bonchev–Trinajstić information content (AvgIpc) is 3.72. The fourth-order valence-corrected chi connectivity index (χ4v) is 5.69. The third-order valence-corrected chi connectivity index (χ3v) is 7.72. The highest BCUT2D eigenvalue weighted by molar-refractivity contribution is 6.10. The molecule has 0 radical (unpaired) electrons. The smallest absolute Gasteiger partial charge is 0.164 e. The zero-order valence-corrected chi connectivity index (χ0v) is 23.1. The van der Waals surface area contributed by atoms with Crippen molar-refractivity contribution in [3.63, 3.8) is 0 Å². The molecule has 0 saturated carbocycles. The van der Waals surface area contributed by atoms with E-state index in [4.69, 9.17) is 12.1 Å². The Labute approximate surface area is 261 Å². The van der Waals surface area contributed by atoms with E-state index >= 15 is 0 Å². The highest BCUT2D eigenvalue weighted by atomic mass is 16.3. The van der Waals surface area contributed by atoms with Crippen LogP contribution in [-0.4, -0.2) is 19.5 Å². The van der Waals surface area contributed by atoms with Gasteiger partial charge >= 0.3 is 0 Å². The Hall–Kier alpha value is -6.07. The SMILES string of the molecule is [2H]c1c(-n2c3ccccc3c3ccccc32)c([2H])c2c(oc3c([2H])c(-c4nc(-c5ccccc5)nc(-c5ccccc5)n4)c([2H])c([2H])c32)c1[2H]. The second-order valence-electron chi connectivity index (χ2n) is 10.4. The lowest BCUT2D eigenvalue weighted by Crippen LogP contribution is -2.00. The summed E-state index contributed by atoms with van der Waals surface area (Å²) in [6.07, 6.45) is 0. The number of aromatic nitrogens is 4. The normalized spacial score (nSPS) is 13.5. The van der Waals surface area contributed by atoms with Crippen molar-refractivity contribution in [1.82, 2.24) is 19.5 Å². The van der Waals surface area contributed by atoms with Crippen molar-refractivity contribution in [3.8, 4) is 39.9 Å². The van der Waals surface area contributed by atoms with Gasteiger partial charge in [-0.05, 0) is 42.3 Å². The average molecular weight is 571 g/mol. The second kappa shape index (κ2) is 9.75. The van der Waals surface area contributed by atoms with Gasteiger partial charge in [0.2, 0.25) is 0 Å². The Morgan fingerprint density at radius 1 is 0.455 bits per heavy atom. The summed E-state index contributed by atoms with van der Waals surface area (Å²) in [6, 6.07) is 32.5. The van der Waals surface area contributed by atoms with Gasteiger partial charge in [0.05, 0.1) is 19.3 Å². The minimum atomic E-state index is -0.325. The maximum Gasteiger partial charge on any atom is 0.164 e. The molecule has 0 aliphatic heterocycles. The first-order valence-corrected chi connectivity index (χ1v) is 14.1. The van der Waals surface area contributed by atoms with Crippen molar-refractivity contribution in [2.75, 3.05) is 0 Å². The molecule has 0 unspecified atom stereocenters. The summed E-state index contributed by atoms with van der Waals surface area (Å²) < 4.78 is 63.4. The van der Waals surface area contributed by atoms with Crippen LogP contribution in [0.25, 0.3) is 83.6 Å². The molecular formula is C39H24N4O. The van der Waals surface area contributed by atoms with Gasteiger partial charge in [-0.1, -0.05) is 103 Å². The van der Waals surface area contributed by atoms with Gasteiger partial charge in [-0.25, -0.2) is 15.0 Å². The molecule has 6 aromatic carbocycles. The number of rotatable bonds is 4. The van der Waals surface area contributed by atoms with Crippen molar-refractivity contribution in [2.24, 2.45) is 0 Å². The largest absolute Gasteiger partial charge is 0.456 e. The van der Waals surface area contributed by atoms with E-state index in [-0.39, 0.29) is 75.3 Å². The zero-order valence-electron chi connectivity index (χ0n) is 29.1. The summed E-state index contributed by atoms with van der Waals surface area (Å²) in [6.45, 7) is 0. The molecule has 9 aromatic rings. The van der Waals surface area contributed by atoms with Crippen molar-refractivity contribution < 1.29 is 12.6 Å². The van der Waals surface area contributed by atoms with E-state index in [1.54, 1.807) is 4.57 Å². The molecule has 0 amide bonds. The first-order chi connectivity index (χ1) is 24.3. The van der Waals surface area contributed by atoms with Gasteiger partial charge in [0.15, 0.2) is 17.5 Å². The van der Waals surface area contributed by atoms with Crippen LogP contribution in [-0.2, 0) is 0 Å². The summed E-state index contributed by atoms with van der Waals surface area (Å²) in [7, 11) is 0. The highest BCUT2D eigenvalue weighted by Gasteiger charge is 2.16. The molecule has 0 saturated heterocycles. The molecule has 0 aliphatic rings. The predicted molar refractivity (Wildman–Crippen MR) is 178 cm³/mol. The van der Waals surface area contributed by atoms with Gasteiger partial charge in [0.1, 0.15) is 11.2 Å². The number of hydrogen-bond donors (Lipinski definition) is 0. The van der Waals surface area contributed by atoms with Crippen LogP contribution < -0.4 is 0 Å². The zero-order chi connectivity index (χ0) is 34.3. The molecule has 0 N–H and O–H groups in total. The Morgan fingerprint density at radius 3 is 1.61 bits per heavy atom. The minimum Gasteiger partial charge on any atom is -0.456 e. The van der Waals surface area contributed by atoms with Gasteiger partial charge in [0, 0.05) is 43.9 Å². The Morgan fingerprint density at radius 2 is 1.00 bits per heavy atom. The van der Waals surface area contributed by atoms with E-state index in [1.807, 2.05) is 109 Å². The van der Waals surface area contributed by atoms with Gasteiger partial charge < -0.3 is 8.98 Å². The molecular weight excluding hydrogens is 540 g/mol. The number of para-hydroxylation sites is 2. The van der Waals surface area contributed by atoms with Gasteiger partial charge in [-0.15, -0.1) is 0 Å². The molecule has 5 heteroatoms. The standard InChI is InChI=1S/C39H24N4O/c1-3-11-25(12-4-1)37-40-38(26-13-5-2-6-14-26)42-39(41-37)27-19-21-31-32-24-28(20-22-35(32)44-36(31)23-27)43-33-17-9-7-15-29(33)30-16-8-10-18-34(30)43/h1-24H/i19D,20D,21D,22D,23D,24D. The monoisotopic (exact) mass is 570 g/mol. The summed E-state index contributed by atoms with van der Waals surface area (Å²) >= 11 is 0. The molecule has 44 heavy (non-hydrogen) atoms. The molecule has 5 nitrogen and oxygen atoms in total. The van der Waals surface area contributed by atoms with Crippen LogP contribution in [0.2, 0.25) is 0 Å². The maximum absolute atomic E-state index is 9.48. The van der Waals surface area contributed by atoms with E-state index in [1.165, 1.54) is 0 Å². The molecule has 0 aliphatic carbocycles. The molecule has 0 bridgehead atoms. The van der Waals surface area contributed by atoms with Crippen molar-refractivity contribution in [2.45, 2.75) is 0 Å². The van der Waals surface area contributed by atoms with Crippen molar-refractivity contribution in [3.05, 3.63) is 145 Å². The fourth-order valence-electron chi connectivity index (χ4n) is 5.69. The molecule has 3 heterocycles. The molecule has 206 valence electrons. The molecule has 9 rings (SSSR count). The predicted octanol–water partition coefficient (Wildman–Crippen LogP) is 9.87.